The molecule has 2 N–H and O–H groups in total. The van der Waals surface area contributed by atoms with E-state index in [-0.39, 0.29) is 35.5 Å². The zero-order valence-electron chi connectivity index (χ0n) is 20.2. The minimum atomic E-state index is -0.251. The number of nitrogens with one attached hydrogen (secondary N) is 2. The number of para-hydroxylation sites is 1. The van der Waals surface area contributed by atoms with Crippen molar-refractivity contribution in [1.29, 1.82) is 0 Å². The van der Waals surface area contributed by atoms with Gasteiger partial charge in [-0.2, -0.15) is 0 Å². The zero-order chi connectivity index (χ0) is 23.0. The highest BCUT2D eigenvalue weighted by atomic mass is 127. The molecule has 1 amide bonds. The molecule has 6 nitrogen and oxygen atoms in total. The van der Waals surface area contributed by atoms with Gasteiger partial charge in [0.2, 0.25) is 5.91 Å². The lowest BCUT2D eigenvalue weighted by atomic mass is 10.1. The van der Waals surface area contributed by atoms with E-state index in [0.29, 0.717) is 26.1 Å². The van der Waals surface area contributed by atoms with Gasteiger partial charge in [0.25, 0.3) is 0 Å². The van der Waals surface area contributed by atoms with E-state index in [1.54, 1.807) is 0 Å². The lowest BCUT2D eigenvalue weighted by molar-refractivity contribution is -0.128. The molecule has 2 aromatic rings. The summed E-state index contributed by atoms with van der Waals surface area (Å²) in [7, 11) is 0. The summed E-state index contributed by atoms with van der Waals surface area (Å²) in [6, 6.07) is 16.4. The molecule has 3 rings (SSSR count). The first kappa shape index (κ1) is 27.0. The first-order valence-electron chi connectivity index (χ1n) is 11.5. The van der Waals surface area contributed by atoms with E-state index in [1.807, 2.05) is 29.2 Å². The number of benzene rings is 2. The van der Waals surface area contributed by atoms with Crippen LogP contribution < -0.4 is 15.4 Å². The minimum Gasteiger partial charge on any atom is -0.488 e. The van der Waals surface area contributed by atoms with E-state index >= 15 is 0 Å². The van der Waals surface area contributed by atoms with E-state index in [0.717, 1.165) is 47.9 Å². The number of ether oxygens (including phenoxy) is 1. The predicted molar refractivity (Wildman–Crippen MR) is 145 cm³/mol. The zero-order valence-corrected chi connectivity index (χ0v) is 22.5. The van der Waals surface area contributed by atoms with Crippen molar-refractivity contribution in [2.45, 2.75) is 65.8 Å². The molecular formula is C26H37IN4O2. The van der Waals surface area contributed by atoms with Crippen LogP contribution in [0.4, 0.5) is 0 Å². The third kappa shape index (κ3) is 8.87. The number of likely N-dealkylation sites (tertiary alicyclic amines) is 1. The fraction of sp³-hybridized carbons (Fsp3) is 0.462. The van der Waals surface area contributed by atoms with Crippen LogP contribution in [0.2, 0.25) is 0 Å². The number of aliphatic imine (C=N–C) groups is 1. The second-order valence-electron chi connectivity index (χ2n) is 9.11. The van der Waals surface area contributed by atoms with Gasteiger partial charge < -0.3 is 20.3 Å². The molecule has 1 heterocycles. The van der Waals surface area contributed by atoms with Gasteiger partial charge in [-0.1, -0.05) is 42.5 Å². The van der Waals surface area contributed by atoms with Crippen LogP contribution >= 0.6 is 24.0 Å². The number of guanidine groups is 1. The van der Waals surface area contributed by atoms with Crippen molar-refractivity contribution in [3.05, 3.63) is 65.2 Å². The average Bonchev–Trinajstić information content (AvgIpc) is 3.14. The molecule has 0 aliphatic carbocycles. The molecule has 1 fully saturated rings. The lowest BCUT2D eigenvalue weighted by Crippen LogP contribution is -2.37. The van der Waals surface area contributed by atoms with Crippen LogP contribution in [0.3, 0.4) is 0 Å². The number of rotatable bonds is 8. The summed E-state index contributed by atoms with van der Waals surface area (Å²) in [5.74, 6) is 1.90. The molecule has 1 aliphatic heterocycles. The van der Waals surface area contributed by atoms with Crippen LogP contribution in [0.5, 0.6) is 5.75 Å². The van der Waals surface area contributed by atoms with Crippen molar-refractivity contribution in [1.82, 2.24) is 15.5 Å². The second kappa shape index (κ2) is 12.8. The van der Waals surface area contributed by atoms with Gasteiger partial charge in [-0.15, -0.1) is 24.0 Å². The van der Waals surface area contributed by atoms with Gasteiger partial charge in [-0.3, -0.25) is 4.79 Å². The Kier molecular flexibility index (Phi) is 10.5. The molecule has 0 atom stereocenters. The van der Waals surface area contributed by atoms with Gasteiger partial charge >= 0.3 is 0 Å². The fourth-order valence-electron chi connectivity index (χ4n) is 3.69. The summed E-state index contributed by atoms with van der Waals surface area (Å²) >= 11 is 0. The van der Waals surface area contributed by atoms with Crippen molar-refractivity contribution in [2.24, 2.45) is 4.99 Å². The largest absolute Gasteiger partial charge is 0.488 e. The highest BCUT2D eigenvalue weighted by molar-refractivity contribution is 14.0. The number of nitrogens with zero attached hydrogens (tertiary/aromatic N) is 2. The molecule has 180 valence electrons. The molecular weight excluding hydrogens is 527 g/mol. The van der Waals surface area contributed by atoms with Crippen LogP contribution in [0, 0.1) is 0 Å². The first-order valence-corrected chi connectivity index (χ1v) is 11.5. The summed E-state index contributed by atoms with van der Waals surface area (Å²) in [6.07, 6.45) is 1.63. The Balaban J connectivity index is 0.00000385. The molecule has 0 unspecified atom stereocenters. The van der Waals surface area contributed by atoms with Gasteiger partial charge in [-0.25, -0.2) is 4.99 Å². The van der Waals surface area contributed by atoms with Crippen molar-refractivity contribution < 1.29 is 9.53 Å². The molecule has 0 saturated carbocycles. The monoisotopic (exact) mass is 564 g/mol. The number of halogens is 1. The topological polar surface area (TPSA) is 66.0 Å². The van der Waals surface area contributed by atoms with Crippen molar-refractivity contribution in [3.63, 3.8) is 0 Å². The maximum atomic E-state index is 11.9. The molecule has 0 spiro atoms. The highest BCUT2D eigenvalue weighted by Crippen LogP contribution is 2.23. The smallest absolute Gasteiger partial charge is 0.222 e. The predicted octanol–water partition coefficient (Wildman–Crippen LogP) is 4.86. The summed E-state index contributed by atoms with van der Waals surface area (Å²) in [5, 5.41) is 6.73. The molecule has 1 aliphatic rings. The van der Waals surface area contributed by atoms with E-state index in [2.05, 4.69) is 62.6 Å². The fourth-order valence-corrected chi connectivity index (χ4v) is 3.69. The van der Waals surface area contributed by atoms with E-state index < -0.39 is 0 Å². The molecule has 0 bridgehead atoms. The second-order valence-corrected chi connectivity index (χ2v) is 9.11. The summed E-state index contributed by atoms with van der Waals surface area (Å²) in [5.41, 5.74) is 3.12. The van der Waals surface area contributed by atoms with Crippen LogP contribution in [0.15, 0.2) is 53.5 Å². The Hall–Kier alpha value is -2.29. The maximum Gasteiger partial charge on any atom is 0.222 e. The van der Waals surface area contributed by atoms with Crippen LogP contribution in [0.1, 0.15) is 57.2 Å². The normalized spacial score (nSPS) is 14.1. The molecule has 0 radical (unpaired) electrons. The minimum absolute atomic E-state index is 0. The average molecular weight is 565 g/mol. The Morgan fingerprint density at radius 2 is 1.85 bits per heavy atom. The molecule has 33 heavy (non-hydrogen) atoms. The molecule has 7 heteroatoms. The van der Waals surface area contributed by atoms with Gasteiger partial charge in [-0.05, 0) is 51.3 Å². The molecule has 2 aromatic carbocycles. The van der Waals surface area contributed by atoms with E-state index in [9.17, 15) is 4.79 Å². The quantitative estimate of drug-likeness (QED) is 0.273. The summed E-state index contributed by atoms with van der Waals surface area (Å²) in [6.45, 7) is 11.7. The number of hydrogen-bond donors (Lipinski definition) is 2. The summed E-state index contributed by atoms with van der Waals surface area (Å²) < 4.78 is 6.10. The number of amides is 1. The van der Waals surface area contributed by atoms with E-state index in [4.69, 9.17) is 9.73 Å². The van der Waals surface area contributed by atoms with Crippen LogP contribution in [0.25, 0.3) is 0 Å². The Morgan fingerprint density at radius 1 is 1.09 bits per heavy atom. The van der Waals surface area contributed by atoms with Crippen molar-refractivity contribution >= 4 is 35.8 Å². The highest BCUT2D eigenvalue weighted by Gasteiger charge is 2.20. The van der Waals surface area contributed by atoms with Crippen molar-refractivity contribution in [2.75, 3.05) is 13.1 Å². The van der Waals surface area contributed by atoms with Gasteiger partial charge in [0, 0.05) is 38.2 Å². The standard InChI is InChI=1S/C26H36N4O2.HI/c1-5-27-25(29-18-22-12-6-7-13-23(22)32-26(2,3)4)28-17-20-10-8-11-21(16-20)19-30-15-9-14-24(30)31;/h6-8,10-13,16H,5,9,14-15,17-19H2,1-4H3,(H2,27,28,29);1H. The lowest BCUT2D eigenvalue weighted by Gasteiger charge is -2.23. The van der Waals surface area contributed by atoms with Crippen molar-refractivity contribution in [3.8, 4) is 5.75 Å². The van der Waals surface area contributed by atoms with Crippen LogP contribution in [-0.2, 0) is 24.4 Å². The molecule has 0 aromatic heterocycles. The van der Waals surface area contributed by atoms with Gasteiger partial charge in [0.05, 0.1) is 6.54 Å². The third-order valence-electron chi connectivity index (χ3n) is 5.14. The number of carbonyl (C=O) groups is 1. The Morgan fingerprint density at radius 3 is 2.55 bits per heavy atom. The SMILES string of the molecule is CCNC(=NCc1cccc(CN2CCCC2=O)c1)NCc1ccccc1OC(C)(C)C.I. The molecule has 1 saturated heterocycles. The third-order valence-corrected chi connectivity index (χ3v) is 5.14. The van der Waals surface area contributed by atoms with Gasteiger partial charge in [0.15, 0.2) is 5.96 Å². The summed E-state index contributed by atoms with van der Waals surface area (Å²) in [4.78, 5) is 18.6. The number of carbonyl (C=O) groups excluding carboxylic acids is 1. The van der Waals surface area contributed by atoms with Crippen LogP contribution in [-0.4, -0.2) is 35.5 Å². The first-order chi connectivity index (χ1) is 15.3. The number of hydrogen-bond acceptors (Lipinski definition) is 3. The Labute approximate surface area is 215 Å². The van der Waals surface area contributed by atoms with Gasteiger partial charge in [0.1, 0.15) is 11.4 Å². The Bertz CT molecular complexity index is 940. The van der Waals surface area contributed by atoms with E-state index in [1.165, 1.54) is 0 Å². The maximum absolute atomic E-state index is 11.9.